The van der Waals surface area contributed by atoms with Crippen LogP contribution in [0.25, 0.3) is 11.1 Å². The molecule has 0 spiro atoms. The summed E-state index contributed by atoms with van der Waals surface area (Å²) in [5, 5.41) is 0. The largest absolute Gasteiger partial charge is 0.432 e. The van der Waals surface area contributed by atoms with Crippen molar-refractivity contribution in [3.63, 3.8) is 0 Å². The number of ether oxygens (including phenoxy) is 1. The molecule has 0 atom stereocenters. The highest BCUT2D eigenvalue weighted by Crippen LogP contribution is 2.36. The number of nitrogen functional groups attached to an aromatic ring is 1. The molecule has 0 unspecified atom stereocenters. The predicted octanol–water partition coefficient (Wildman–Crippen LogP) is 4.08. The van der Waals surface area contributed by atoms with Crippen LogP contribution in [0.4, 0.5) is 18.9 Å². The van der Waals surface area contributed by atoms with Crippen LogP contribution in [0.2, 0.25) is 0 Å². The first kappa shape index (κ1) is 14.2. The molecule has 2 N–H and O–H groups in total. The lowest BCUT2D eigenvalue weighted by molar-refractivity contribution is -0.0522. The monoisotopic (exact) mass is 257 g/mol. The highest BCUT2D eigenvalue weighted by molar-refractivity contribution is 5.84. The van der Waals surface area contributed by atoms with E-state index in [0.717, 1.165) is 6.07 Å². The molecule has 0 radical (unpaired) electrons. The van der Waals surface area contributed by atoms with Gasteiger partial charge in [-0.15, -0.1) is 0 Å². The summed E-state index contributed by atoms with van der Waals surface area (Å²) in [6.07, 6.45) is 0. The molecule has 1 aromatic rings. The Morgan fingerprint density at radius 1 is 1.28 bits per heavy atom. The summed E-state index contributed by atoms with van der Waals surface area (Å²) >= 11 is 0. The Morgan fingerprint density at radius 2 is 1.83 bits per heavy atom. The lowest BCUT2D eigenvalue weighted by atomic mass is 9.97. The van der Waals surface area contributed by atoms with Gasteiger partial charge in [-0.05, 0) is 31.1 Å². The van der Waals surface area contributed by atoms with Crippen LogP contribution < -0.4 is 10.5 Å². The van der Waals surface area contributed by atoms with E-state index in [2.05, 4.69) is 17.9 Å². The fourth-order valence-electron chi connectivity index (χ4n) is 1.60. The molecule has 0 saturated carbocycles. The van der Waals surface area contributed by atoms with E-state index in [9.17, 15) is 13.2 Å². The molecule has 2 nitrogen and oxygen atoms in total. The summed E-state index contributed by atoms with van der Waals surface area (Å²) in [5.74, 6) is -1.50. The molecule has 1 rings (SSSR count). The minimum atomic E-state index is -3.11. The molecule has 98 valence electrons. The average Bonchev–Trinajstić information content (AvgIpc) is 2.20. The highest BCUT2D eigenvalue weighted by atomic mass is 19.3. The number of alkyl halides is 2. The maximum absolute atomic E-state index is 14.0. The van der Waals surface area contributed by atoms with Gasteiger partial charge in [-0.2, -0.15) is 8.78 Å². The van der Waals surface area contributed by atoms with Gasteiger partial charge in [0.2, 0.25) is 0 Å². The topological polar surface area (TPSA) is 35.2 Å². The Kier molecular flexibility index (Phi) is 4.06. The number of hydrogen-bond acceptors (Lipinski definition) is 2. The molecule has 0 aliphatic rings. The fraction of sp³-hybridized carbons (Fsp3) is 0.231. The fourth-order valence-corrected chi connectivity index (χ4v) is 1.60. The van der Waals surface area contributed by atoms with E-state index in [0.29, 0.717) is 16.7 Å². The molecule has 0 aromatic heterocycles. The van der Waals surface area contributed by atoms with E-state index in [1.54, 1.807) is 6.92 Å². The van der Waals surface area contributed by atoms with Gasteiger partial charge in [0.1, 0.15) is 0 Å². The Balaban J connectivity index is 3.55. The van der Waals surface area contributed by atoms with Crippen LogP contribution in [0.3, 0.4) is 0 Å². The van der Waals surface area contributed by atoms with E-state index in [1.165, 1.54) is 6.92 Å². The number of benzene rings is 1. The van der Waals surface area contributed by atoms with E-state index in [1.807, 2.05) is 0 Å². The molecule has 0 fully saturated rings. The molecule has 0 amide bonds. The van der Waals surface area contributed by atoms with Crippen molar-refractivity contribution in [1.29, 1.82) is 0 Å². The molecular weight excluding hydrogens is 243 g/mol. The molecule has 0 bridgehead atoms. The molecule has 18 heavy (non-hydrogen) atoms. The normalized spacial score (nSPS) is 10.6. The number of halogens is 3. The zero-order chi connectivity index (χ0) is 14.0. The van der Waals surface area contributed by atoms with Crippen LogP contribution in [0.1, 0.15) is 25.0 Å². The minimum Gasteiger partial charge on any atom is -0.432 e. The highest BCUT2D eigenvalue weighted by Gasteiger charge is 2.20. The smallest absolute Gasteiger partial charge is 0.387 e. The number of hydrogen-bond donors (Lipinski definition) is 1. The van der Waals surface area contributed by atoms with Crippen molar-refractivity contribution < 1.29 is 17.9 Å². The maximum atomic E-state index is 14.0. The molecule has 1 aromatic carbocycles. The number of allylic oxidation sites excluding steroid dienone is 2. The van der Waals surface area contributed by atoms with Crippen LogP contribution in [-0.4, -0.2) is 6.61 Å². The Labute approximate surface area is 104 Å². The first-order valence-corrected chi connectivity index (χ1v) is 5.14. The van der Waals surface area contributed by atoms with E-state index < -0.39 is 18.2 Å². The maximum Gasteiger partial charge on any atom is 0.387 e. The summed E-state index contributed by atoms with van der Waals surface area (Å²) in [7, 11) is 0. The van der Waals surface area contributed by atoms with Crippen LogP contribution >= 0.6 is 0 Å². The third-order valence-electron chi connectivity index (χ3n) is 2.37. The summed E-state index contributed by atoms with van der Waals surface area (Å²) < 4.78 is 42.5. The third kappa shape index (κ3) is 2.67. The SMILES string of the molecule is C=C(C)c1cc(OC(F)F)c(F)c(C(=C)C)c1N. The Morgan fingerprint density at radius 3 is 2.22 bits per heavy atom. The Hall–Kier alpha value is -1.91. The molecule has 0 heterocycles. The molecule has 0 aliphatic carbocycles. The van der Waals surface area contributed by atoms with Crippen molar-refractivity contribution in [2.24, 2.45) is 0 Å². The van der Waals surface area contributed by atoms with E-state index in [-0.39, 0.29) is 11.3 Å². The van der Waals surface area contributed by atoms with Gasteiger partial charge in [0.25, 0.3) is 0 Å². The molecule has 0 aliphatic heterocycles. The molecule has 0 saturated heterocycles. The minimum absolute atomic E-state index is 0.0221. The second-order valence-electron chi connectivity index (χ2n) is 3.96. The van der Waals surface area contributed by atoms with Crippen molar-refractivity contribution >= 4 is 16.8 Å². The van der Waals surface area contributed by atoms with Crippen molar-refractivity contribution in [3.05, 3.63) is 36.2 Å². The number of rotatable bonds is 4. The van der Waals surface area contributed by atoms with Crippen molar-refractivity contribution in [3.8, 4) is 5.75 Å². The van der Waals surface area contributed by atoms with Gasteiger partial charge >= 0.3 is 6.61 Å². The van der Waals surface area contributed by atoms with Gasteiger partial charge in [0.05, 0.1) is 0 Å². The van der Waals surface area contributed by atoms with Gasteiger partial charge in [-0.3, -0.25) is 0 Å². The summed E-state index contributed by atoms with van der Waals surface area (Å²) in [6.45, 7) is 7.29. The lowest BCUT2D eigenvalue weighted by Crippen LogP contribution is -2.08. The van der Waals surface area contributed by atoms with Crippen LogP contribution in [0.15, 0.2) is 19.2 Å². The zero-order valence-corrected chi connectivity index (χ0v) is 10.2. The van der Waals surface area contributed by atoms with E-state index in [4.69, 9.17) is 5.73 Å². The predicted molar refractivity (Wildman–Crippen MR) is 66.9 cm³/mol. The van der Waals surface area contributed by atoms with Gasteiger partial charge in [-0.1, -0.05) is 13.2 Å². The zero-order valence-electron chi connectivity index (χ0n) is 10.2. The summed E-state index contributed by atoms with van der Waals surface area (Å²) in [4.78, 5) is 0. The van der Waals surface area contributed by atoms with Crippen LogP contribution in [0, 0.1) is 5.82 Å². The van der Waals surface area contributed by atoms with Gasteiger partial charge in [0.15, 0.2) is 11.6 Å². The Bertz CT molecular complexity index is 509. The second-order valence-corrected chi connectivity index (χ2v) is 3.96. The second kappa shape index (κ2) is 5.16. The third-order valence-corrected chi connectivity index (χ3v) is 2.37. The summed E-state index contributed by atoms with van der Waals surface area (Å²) in [6, 6.07) is 1.12. The van der Waals surface area contributed by atoms with Gasteiger partial charge < -0.3 is 10.5 Å². The quantitative estimate of drug-likeness (QED) is 0.825. The van der Waals surface area contributed by atoms with Gasteiger partial charge in [0, 0.05) is 16.8 Å². The first-order chi connectivity index (χ1) is 8.25. The van der Waals surface area contributed by atoms with Gasteiger partial charge in [-0.25, -0.2) is 4.39 Å². The molecular formula is C13H14F3NO. The van der Waals surface area contributed by atoms with E-state index >= 15 is 0 Å². The van der Waals surface area contributed by atoms with Crippen LogP contribution in [-0.2, 0) is 0 Å². The summed E-state index contributed by atoms with van der Waals surface area (Å²) in [5.41, 5.74) is 7.09. The first-order valence-electron chi connectivity index (χ1n) is 5.14. The standard InChI is InChI=1S/C13H14F3NO/c1-6(2)8-5-9(18-13(15)16)11(14)10(7(3)4)12(8)17/h5,13H,1,3,17H2,2,4H3. The number of anilines is 1. The average molecular weight is 257 g/mol. The van der Waals surface area contributed by atoms with Crippen molar-refractivity contribution in [2.75, 3.05) is 5.73 Å². The number of nitrogens with two attached hydrogens (primary N) is 1. The van der Waals surface area contributed by atoms with Crippen molar-refractivity contribution in [1.82, 2.24) is 0 Å². The lowest BCUT2D eigenvalue weighted by Gasteiger charge is -2.16. The van der Waals surface area contributed by atoms with Crippen molar-refractivity contribution in [2.45, 2.75) is 20.5 Å². The van der Waals surface area contributed by atoms with Crippen LogP contribution in [0.5, 0.6) is 5.75 Å². The molecule has 5 heteroatoms.